The van der Waals surface area contributed by atoms with Gasteiger partial charge in [0.2, 0.25) is 0 Å². The third kappa shape index (κ3) is 3.97. The van der Waals surface area contributed by atoms with Gasteiger partial charge >= 0.3 is 6.18 Å². The summed E-state index contributed by atoms with van der Waals surface area (Å²) < 4.78 is 64.9. The average Bonchev–Trinajstić information content (AvgIpc) is 2.42. The molecule has 0 atom stereocenters. The fraction of sp³-hybridized carbons (Fsp3) is 0.200. The molecule has 2 aromatic rings. The van der Waals surface area contributed by atoms with Crippen LogP contribution in [0.5, 0.6) is 0 Å². The van der Waals surface area contributed by atoms with Gasteiger partial charge in [0.1, 0.15) is 0 Å². The molecular formula is C15H13ClF3NO2S. The lowest BCUT2D eigenvalue weighted by atomic mass is 10.2. The first kappa shape index (κ1) is 17.6. The first-order chi connectivity index (χ1) is 10.5. The average molecular weight is 364 g/mol. The lowest BCUT2D eigenvalue weighted by molar-refractivity contribution is -0.137. The highest BCUT2D eigenvalue weighted by Crippen LogP contribution is 2.34. The Labute approximate surface area is 137 Å². The van der Waals surface area contributed by atoms with Crippen molar-refractivity contribution in [3.05, 3.63) is 58.1 Å². The quantitative estimate of drug-likeness (QED) is 0.853. The summed E-state index contributed by atoms with van der Waals surface area (Å²) in [5.74, 6) is 0. The summed E-state index contributed by atoms with van der Waals surface area (Å²) in [5.41, 5.74) is 0.207. The van der Waals surface area contributed by atoms with Crippen molar-refractivity contribution >= 4 is 27.3 Å². The Bertz CT molecular complexity index is 848. The van der Waals surface area contributed by atoms with Gasteiger partial charge in [0.25, 0.3) is 10.0 Å². The molecule has 0 aliphatic heterocycles. The molecule has 23 heavy (non-hydrogen) atoms. The number of halogens is 4. The second-order valence-corrected chi connectivity index (χ2v) is 7.12. The summed E-state index contributed by atoms with van der Waals surface area (Å²) in [7, 11) is -3.95. The second-order valence-electron chi connectivity index (χ2n) is 5.07. The van der Waals surface area contributed by atoms with E-state index in [0.717, 1.165) is 17.7 Å². The normalized spacial score (nSPS) is 12.3. The van der Waals surface area contributed by atoms with E-state index in [1.165, 1.54) is 6.07 Å². The number of rotatable bonds is 3. The molecule has 2 aromatic carbocycles. The minimum atomic E-state index is -4.55. The maximum Gasteiger partial charge on any atom is 0.416 e. The van der Waals surface area contributed by atoms with Crippen LogP contribution >= 0.6 is 11.6 Å². The number of hydrogen-bond acceptors (Lipinski definition) is 2. The van der Waals surface area contributed by atoms with Gasteiger partial charge in [-0.2, -0.15) is 13.2 Å². The molecule has 0 aromatic heterocycles. The van der Waals surface area contributed by atoms with E-state index in [1.807, 2.05) is 0 Å². The summed E-state index contributed by atoms with van der Waals surface area (Å²) in [4.78, 5) is 0.0495. The zero-order valence-electron chi connectivity index (χ0n) is 12.2. The maximum absolute atomic E-state index is 12.6. The molecule has 0 heterocycles. The molecule has 124 valence electrons. The molecule has 0 aliphatic rings. The van der Waals surface area contributed by atoms with E-state index >= 15 is 0 Å². The number of alkyl halides is 3. The van der Waals surface area contributed by atoms with Gasteiger partial charge in [-0.15, -0.1) is 0 Å². The molecule has 0 radical (unpaired) electrons. The van der Waals surface area contributed by atoms with Crippen molar-refractivity contribution in [2.45, 2.75) is 24.9 Å². The van der Waals surface area contributed by atoms with Crippen molar-refractivity contribution in [3.63, 3.8) is 0 Å². The van der Waals surface area contributed by atoms with Crippen molar-refractivity contribution in [3.8, 4) is 0 Å². The van der Waals surface area contributed by atoms with Crippen molar-refractivity contribution in [2.75, 3.05) is 4.72 Å². The highest BCUT2D eigenvalue weighted by atomic mass is 35.5. The number of aryl methyl sites for hydroxylation is 2. The highest BCUT2D eigenvalue weighted by molar-refractivity contribution is 7.92. The summed E-state index contributed by atoms with van der Waals surface area (Å²) in [5, 5.41) is -0.325. The van der Waals surface area contributed by atoms with Crippen molar-refractivity contribution in [1.29, 1.82) is 0 Å². The van der Waals surface area contributed by atoms with Crippen molar-refractivity contribution in [2.24, 2.45) is 0 Å². The Morgan fingerprint density at radius 1 is 1.04 bits per heavy atom. The maximum atomic E-state index is 12.6. The van der Waals surface area contributed by atoms with E-state index < -0.39 is 21.8 Å². The van der Waals surface area contributed by atoms with Gasteiger partial charge < -0.3 is 0 Å². The topological polar surface area (TPSA) is 46.2 Å². The molecular weight excluding hydrogens is 351 g/mol. The zero-order valence-corrected chi connectivity index (χ0v) is 13.8. The van der Waals surface area contributed by atoms with Crippen LogP contribution in [0.25, 0.3) is 0 Å². The molecule has 3 nitrogen and oxygen atoms in total. The lowest BCUT2D eigenvalue weighted by Gasteiger charge is -2.14. The van der Waals surface area contributed by atoms with E-state index in [0.29, 0.717) is 11.6 Å². The van der Waals surface area contributed by atoms with Gasteiger partial charge in [-0.25, -0.2) is 8.42 Å². The van der Waals surface area contributed by atoms with Crippen LogP contribution in [0, 0.1) is 13.8 Å². The number of anilines is 1. The molecule has 2 rings (SSSR count). The highest BCUT2D eigenvalue weighted by Gasteiger charge is 2.31. The lowest BCUT2D eigenvalue weighted by Crippen LogP contribution is -2.15. The number of benzene rings is 2. The Morgan fingerprint density at radius 3 is 2.26 bits per heavy atom. The van der Waals surface area contributed by atoms with Crippen LogP contribution in [-0.4, -0.2) is 8.42 Å². The number of hydrogen-bond donors (Lipinski definition) is 1. The fourth-order valence-electron chi connectivity index (χ4n) is 1.97. The van der Waals surface area contributed by atoms with Gasteiger partial charge in [-0.1, -0.05) is 23.7 Å². The van der Waals surface area contributed by atoms with E-state index in [2.05, 4.69) is 4.72 Å². The SMILES string of the molecule is Cc1ccc(C)c(S(=O)(=O)Nc2ccc(C(F)(F)F)cc2Cl)c1. The molecule has 8 heteroatoms. The summed E-state index contributed by atoms with van der Waals surface area (Å²) >= 11 is 5.77. The third-order valence-corrected chi connectivity index (χ3v) is 4.99. The number of sulfonamides is 1. The van der Waals surface area contributed by atoms with Crippen LogP contribution in [0.3, 0.4) is 0 Å². The predicted octanol–water partition coefficient (Wildman–Crippen LogP) is 4.78. The van der Waals surface area contributed by atoms with Crippen LogP contribution in [0.1, 0.15) is 16.7 Å². The molecule has 1 N–H and O–H groups in total. The van der Waals surface area contributed by atoms with Crippen LogP contribution in [0.15, 0.2) is 41.3 Å². The summed E-state index contributed by atoms with van der Waals surface area (Å²) in [6, 6.07) is 7.34. The first-order valence-corrected chi connectivity index (χ1v) is 8.33. The molecule has 0 amide bonds. The van der Waals surface area contributed by atoms with Gasteiger partial charge in [0.05, 0.1) is 21.2 Å². The molecule has 0 aliphatic carbocycles. The van der Waals surface area contributed by atoms with Gasteiger partial charge in [-0.3, -0.25) is 4.72 Å². The van der Waals surface area contributed by atoms with E-state index in [-0.39, 0.29) is 15.6 Å². The van der Waals surface area contributed by atoms with Crippen LogP contribution in [-0.2, 0) is 16.2 Å². The summed E-state index contributed by atoms with van der Waals surface area (Å²) in [6.07, 6.45) is -4.55. The molecule has 0 spiro atoms. The minimum Gasteiger partial charge on any atom is -0.278 e. The largest absolute Gasteiger partial charge is 0.416 e. The Kier molecular flexibility index (Phi) is 4.64. The van der Waals surface area contributed by atoms with Gasteiger partial charge in [0.15, 0.2) is 0 Å². The zero-order chi connectivity index (χ0) is 17.4. The minimum absolute atomic E-state index is 0.0495. The first-order valence-electron chi connectivity index (χ1n) is 6.47. The standard InChI is InChI=1S/C15H13ClF3NO2S/c1-9-3-4-10(2)14(7-9)23(21,22)20-13-6-5-11(8-12(13)16)15(17,18)19/h3-8,20H,1-2H3. The van der Waals surface area contributed by atoms with E-state index in [4.69, 9.17) is 11.6 Å². The molecule has 0 saturated heterocycles. The number of nitrogens with one attached hydrogen (secondary N) is 1. The fourth-order valence-corrected chi connectivity index (χ4v) is 3.67. The Hall–Kier alpha value is -1.73. The molecule has 0 fully saturated rings. The van der Waals surface area contributed by atoms with Gasteiger partial charge in [-0.05, 0) is 49.2 Å². The van der Waals surface area contributed by atoms with Gasteiger partial charge in [0, 0.05) is 0 Å². The smallest absolute Gasteiger partial charge is 0.278 e. The van der Waals surface area contributed by atoms with Crippen LogP contribution in [0.4, 0.5) is 18.9 Å². The monoisotopic (exact) mass is 363 g/mol. The predicted molar refractivity (Wildman–Crippen MR) is 83.2 cm³/mol. The Morgan fingerprint density at radius 2 is 1.70 bits per heavy atom. The van der Waals surface area contributed by atoms with Crippen LogP contribution in [0.2, 0.25) is 5.02 Å². The Balaban J connectivity index is 2.40. The molecule has 0 saturated carbocycles. The summed E-state index contributed by atoms with van der Waals surface area (Å²) in [6.45, 7) is 3.37. The van der Waals surface area contributed by atoms with Crippen molar-refractivity contribution < 1.29 is 21.6 Å². The molecule has 0 bridgehead atoms. The third-order valence-electron chi connectivity index (χ3n) is 3.17. The van der Waals surface area contributed by atoms with Crippen molar-refractivity contribution in [1.82, 2.24) is 0 Å². The van der Waals surface area contributed by atoms with Crippen LogP contribution < -0.4 is 4.72 Å². The van der Waals surface area contributed by atoms with E-state index in [9.17, 15) is 21.6 Å². The second kappa shape index (κ2) is 6.05. The van der Waals surface area contributed by atoms with E-state index in [1.54, 1.807) is 26.0 Å². The molecule has 0 unspecified atom stereocenters.